The van der Waals surface area contributed by atoms with E-state index in [4.69, 9.17) is 4.74 Å². The Balaban J connectivity index is 0. The van der Waals surface area contributed by atoms with E-state index in [2.05, 4.69) is 55.4 Å². The van der Waals surface area contributed by atoms with Crippen LogP contribution in [0.1, 0.15) is 47.5 Å². The highest BCUT2D eigenvalue weighted by Crippen LogP contribution is 2.16. The van der Waals surface area contributed by atoms with Crippen molar-refractivity contribution < 1.29 is 4.74 Å². The second-order valence-corrected chi connectivity index (χ2v) is 6.65. The fourth-order valence-corrected chi connectivity index (χ4v) is 2.48. The zero-order valence-electron chi connectivity index (χ0n) is 16.4. The first kappa shape index (κ1) is 25.2. The van der Waals surface area contributed by atoms with E-state index in [0.717, 1.165) is 19.0 Å². The molecule has 0 bridgehead atoms. The lowest BCUT2D eigenvalue weighted by atomic mass is 9.93. The van der Waals surface area contributed by atoms with E-state index in [1.54, 1.807) is 7.11 Å². The van der Waals surface area contributed by atoms with Crippen molar-refractivity contribution in [2.45, 2.75) is 59.1 Å². The lowest BCUT2D eigenvalue weighted by Crippen LogP contribution is -2.48. The van der Waals surface area contributed by atoms with Gasteiger partial charge in [0.1, 0.15) is 0 Å². The molecule has 6 heteroatoms. The standard InChI is InChI=1S/C17H38N4O.HI/c1-9-14(10-2)15(21(6)7)12-19-16(18-11-3)20-13-17(4,5)22-8;/h14-15H,9-13H2,1-8H3,(H2,18,19,20);1H. The fraction of sp³-hybridized carbons (Fsp3) is 0.941. The molecule has 1 unspecified atom stereocenters. The molecule has 0 aliphatic rings. The van der Waals surface area contributed by atoms with Crippen LogP contribution in [0, 0.1) is 5.92 Å². The minimum Gasteiger partial charge on any atom is -0.377 e. The van der Waals surface area contributed by atoms with Gasteiger partial charge >= 0.3 is 0 Å². The van der Waals surface area contributed by atoms with Crippen molar-refractivity contribution in [1.82, 2.24) is 15.5 Å². The number of rotatable bonds is 10. The molecule has 23 heavy (non-hydrogen) atoms. The third kappa shape index (κ3) is 10.4. The van der Waals surface area contributed by atoms with Crippen molar-refractivity contribution in [3.05, 3.63) is 0 Å². The number of nitrogens with one attached hydrogen (secondary N) is 2. The highest BCUT2D eigenvalue weighted by molar-refractivity contribution is 14.0. The summed E-state index contributed by atoms with van der Waals surface area (Å²) in [4.78, 5) is 6.96. The SMILES string of the molecule is CCNC(=NCC(C)(C)OC)NCC(C(CC)CC)N(C)C.I. The number of guanidine groups is 1. The average molecular weight is 442 g/mol. The zero-order valence-corrected chi connectivity index (χ0v) is 18.7. The van der Waals surface area contributed by atoms with Crippen LogP contribution in [0.3, 0.4) is 0 Å². The number of hydrogen-bond acceptors (Lipinski definition) is 3. The van der Waals surface area contributed by atoms with Crippen molar-refractivity contribution in [1.29, 1.82) is 0 Å². The van der Waals surface area contributed by atoms with E-state index >= 15 is 0 Å². The third-order valence-electron chi connectivity index (χ3n) is 4.25. The Kier molecular flexibility index (Phi) is 14.5. The van der Waals surface area contributed by atoms with Gasteiger partial charge in [0.15, 0.2) is 5.96 Å². The number of likely N-dealkylation sites (N-methyl/N-ethyl adjacent to an activating group) is 1. The maximum Gasteiger partial charge on any atom is 0.191 e. The Morgan fingerprint density at radius 2 is 1.70 bits per heavy atom. The van der Waals surface area contributed by atoms with Gasteiger partial charge < -0.3 is 20.3 Å². The molecular formula is C17H39IN4O. The molecule has 0 rings (SSSR count). The molecule has 0 radical (unpaired) electrons. The van der Waals surface area contributed by atoms with E-state index in [1.807, 2.05) is 13.8 Å². The summed E-state index contributed by atoms with van der Waals surface area (Å²) in [6.45, 7) is 13.1. The van der Waals surface area contributed by atoms with Gasteiger partial charge in [0.05, 0.1) is 12.1 Å². The summed E-state index contributed by atoms with van der Waals surface area (Å²) in [6, 6.07) is 0.509. The van der Waals surface area contributed by atoms with Crippen molar-refractivity contribution >= 4 is 29.9 Å². The maximum absolute atomic E-state index is 5.43. The Bertz CT molecular complexity index is 318. The molecule has 1 atom stereocenters. The van der Waals surface area contributed by atoms with Crippen LogP contribution in [0.15, 0.2) is 4.99 Å². The average Bonchev–Trinajstić information content (AvgIpc) is 2.48. The van der Waals surface area contributed by atoms with Crippen LogP contribution in [0.4, 0.5) is 0 Å². The molecule has 5 nitrogen and oxygen atoms in total. The fourth-order valence-electron chi connectivity index (χ4n) is 2.48. The van der Waals surface area contributed by atoms with Gasteiger partial charge in [-0.2, -0.15) is 0 Å². The van der Waals surface area contributed by atoms with Crippen LogP contribution in [0.2, 0.25) is 0 Å². The number of nitrogens with zero attached hydrogens (tertiary/aromatic N) is 2. The summed E-state index contributed by atoms with van der Waals surface area (Å²) in [5.74, 6) is 1.56. The number of aliphatic imine (C=N–C) groups is 1. The number of halogens is 1. The summed E-state index contributed by atoms with van der Waals surface area (Å²) >= 11 is 0. The van der Waals surface area contributed by atoms with E-state index in [9.17, 15) is 0 Å². The molecule has 0 aromatic rings. The Hall–Kier alpha value is -0.0800. The first-order chi connectivity index (χ1) is 10.3. The van der Waals surface area contributed by atoms with E-state index in [1.165, 1.54) is 12.8 Å². The van der Waals surface area contributed by atoms with Gasteiger partial charge in [0.25, 0.3) is 0 Å². The minimum atomic E-state index is -0.237. The molecule has 0 fully saturated rings. The molecule has 0 saturated heterocycles. The van der Waals surface area contributed by atoms with Crippen LogP contribution < -0.4 is 10.6 Å². The summed E-state index contributed by atoms with van der Waals surface area (Å²) in [7, 11) is 6.04. The molecule has 0 amide bonds. The molecule has 0 heterocycles. The smallest absolute Gasteiger partial charge is 0.191 e. The van der Waals surface area contributed by atoms with Gasteiger partial charge in [0.2, 0.25) is 0 Å². The largest absolute Gasteiger partial charge is 0.377 e. The predicted molar refractivity (Wildman–Crippen MR) is 112 cm³/mol. The molecule has 2 N–H and O–H groups in total. The second-order valence-electron chi connectivity index (χ2n) is 6.65. The van der Waals surface area contributed by atoms with Crippen LogP contribution in [0.5, 0.6) is 0 Å². The summed E-state index contributed by atoms with van der Waals surface area (Å²) < 4.78 is 5.43. The Labute approximate surface area is 161 Å². The molecular weight excluding hydrogens is 403 g/mol. The Morgan fingerprint density at radius 1 is 1.13 bits per heavy atom. The zero-order chi connectivity index (χ0) is 17.2. The van der Waals surface area contributed by atoms with Crippen molar-refractivity contribution in [2.24, 2.45) is 10.9 Å². The van der Waals surface area contributed by atoms with Gasteiger partial charge in [-0.15, -0.1) is 24.0 Å². The van der Waals surface area contributed by atoms with Crippen molar-refractivity contribution in [3.63, 3.8) is 0 Å². The molecule has 0 aliphatic carbocycles. The van der Waals surface area contributed by atoms with E-state index < -0.39 is 0 Å². The second kappa shape index (κ2) is 13.2. The lowest BCUT2D eigenvalue weighted by molar-refractivity contribution is 0.0310. The van der Waals surface area contributed by atoms with Crippen molar-refractivity contribution in [2.75, 3.05) is 40.8 Å². The van der Waals surface area contributed by atoms with Gasteiger partial charge in [0, 0.05) is 26.2 Å². The van der Waals surface area contributed by atoms with Gasteiger partial charge in [-0.1, -0.05) is 26.7 Å². The minimum absolute atomic E-state index is 0. The normalized spacial score (nSPS) is 13.9. The predicted octanol–water partition coefficient (Wildman–Crippen LogP) is 2.95. The number of methoxy groups -OCH3 is 1. The topological polar surface area (TPSA) is 48.9 Å². The molecule has 140 valence electrons. The molecule has 0 aromatic heterocycles. The maximum atomic E-state index is 5.43. The van der Waals surface area contributed by atoms with Gasteiger partial charge in [-0.3, -0.25) is 4.99 Å². The lowest BCUT2D eigenvalue weighted by Gasteiger charge is -2.32. The van der Waals surface area contributed by atoms with Crippen LogP contribution in [-0.2, 0) is 4.74 Å². The summed E-state index contributed by atoms with van der Waals surface area (Å²) in [5, 5.41) is 6.80. The van der Waals surface area contributed by atoms with Crippen LogP contribution >= 0.6 is 24.0 Å². The molecule has 0 aromatic carbocycles. The van der Waals surface area contributed by atoms with Crippen molar-refractivity contribution in [3.8, 4) is 0 Å². The molecule has 0 aliphatic heterocycles. The summed E-state index contributed by atoms with van der Waals surface area (Å²) in [5.41, 5.74) is -0.237. The molecule has 0 saturated carbocycles. The number of hydrogen-bond donors (Lipinski definition) is 2. The van der Waals surface area contributed by atoms with Crippen LogP contribution in [0.25, 0.3) is 0 Å². The highest BCUT2D eigenvalue weighted by atomic mass is 127. The number of ether oxygens (including phenoxy) is 1. The monoisotopic (exact) mass is 442 g/mol. The van der Waals surface area contributed by atoms with E-state index in [-0.39, 0.29) is 29.6 Å². The van der Waals surface area contributed by atoms with Gasteiger partial charge in [-0.05, 0) is 40.8 Å². The van der Waals surface area contributed by atoms with Gasteiger partial charge in [-0.25, -0.2) is 0 Å². The summed E-state index contributed by atoms with van der Waals surface area (Å²) in [6.07, 6.45) is 2.40. The first-order valence-corrected chi connectivity index (χ1v) is 8.54. The Morgan fingerprint density at radius 3 is 2.09 bits per heavy atom. The quantitative estimate of drug-likeness (QED) is 0.310. The molecule has 0 spiro atoms. The first-order valence-electron chi connectivity index (χ1n) is 8.54. The highest BCUT2D eigenvalue weighted by Gasteiger charge is 2.21. The van der Waals surface area contributed by atoms with E-state index in [0.29, 0.717) is 18.5 Å². The van der Waals surface area contributed by atoms with Crippen LogP contribution in [-0.4, -0.2) is 63.3 Å². The third-order valence-corrected chi connectivity index (χ3v) is 4.25.